The van der Waals surface area contributed by atoms with Crippen molar-refractivity contribution in [3.63, 3.8) is 0 Å². The molecule has 1 rings (SSSR count). The Kier molecular flexibility index (Phi) is 4.13. The second-order valence-electron chi connectivity index (χ2n) is 3.30. The van der Waals surface area contributed by atoms with Crippen LogP contribution < -0.4 is 5.32 Å². The molecule has 1 aliphatic rings. The maximum Gasteiger partial charge on any atom is 0.0660 e. The van der Waals surface area contributed by atoms with Gasteiger partial charge in [0.05, 0.1) is 6.04 Å². The molecule has 1 fully saturated rings. The number of ether oxygens (including phenoxy) is 1. The summed E-state index contributed by atoms with van der Waals surface area (Å²) < 4.78 is 5.35. The highest BCUT2D eigenvalue weighted by atomic mass is 16.5. The fourth-order valence-corrected chi connectivity index (χ4v) is 1.47. The summed E-state index contributed by atoms with van der Waals surface area (Å²) in [6.07, 6.45) is 8.71. The van der Waals surface area contributed by atoms with Crippen LogP contribution in [0.15, 0.2) is 0 Å². The summed E-state index contributed by atoms with van der Waals surface area (Å²) in [4.78, 5) is 0. The normalized spacial score (nSPS) is 27.2. The molecule has 2 heteroatoms. The minimum atomic E-state index is 0.188. The zero-order chi connectivity index (χ0) is 8.81. The minimum absolute atomic E-state index is 0.188. The largest absolute Gasteiger partial charge is 0.381 e. The summed E-state index contributed by atoms with van der Waals surface area (Å²) >= 11 is 0. The van der Waals surface area contributed by atoms with Crippen LogP contribution in [0.2, 0.25) is 0 Å². The Morgan fingerprint density at radius 1 is 1.50 bits per heavy atom. The molecule has 0 amide bonds. The molecular formula is C10H17NO. The Balaban J connectivity index is 2.25. The molecule has 2 nitrogen and oxygen atoms in total. The molecule has 1 saturated heterocycles. The van der Waals surface area contributed by atoms with Gasteiger partial charge >= 0.3 is 0 Å². The van der Waals surface area contributed by atoms with Gasteiger partial charge < -0.3 is 10.1 Å². The van der Waals surface area contributed by atoms with E-state index in [0.717, 1.165) is 26.1 Å². The Labute approximate surface area is 74.7 Å². The molecule has 0 radical (unpaired) electrons. The highest BCUT2D eigenvalue weighted by Crippen LogP contribution is 2.08. The summed E-state index contributed by atoms with van der Waals surface area (Å²) in [6, 6.07) is 0.742. The minimum Gasteiger partial charge on any atom is -0.381 e. The first-order valence-electron chi connectivity index (χ1n) is 4.63. The van der Waals surface area contributed by atoms with Crippen LogP contribution in [-0.4, -0.2) is 25.3 Å². The molecule has 12 heavy (non-hydrogen) atoms. The Hall–Kier alpha value is -0.520. The van der Waals surface area contributed by atoms with Gasteiger partial charge in [0.15, 0.2) is 0 Å². The topological polar surface area (TPSA) is 21.3 Å². The van der Waals surface area contributed by atoms with E-state index in [1.807, 2.05) is 6.92 Å². The summed E-state index contributed by atoms with van der Waals surface area (Å²) in [5.41, 5.74) is 0. The molecule has 0 aromatic rings. The van der Waals surface area contributed by atoms with Crippen LogP contribution in [-0.2, 0) is 4.74 Å². The standard InChI is InChI=1S/C10H17NO/c1-3-9(2)11-10-5-4-7-12-8-6-10/h1,9-11H,4-8H2,2H3. The first-order chi connectivity index (χ1) is 5.83. The fourth-order valence-electron chi connectivity index (χ4n) is 1.47. The van der Waals surface area contributed by atoms with Gasteiger partial charge in [0.1, 0.15) is 0 Å². The lowest BCUT2D eigenvalue weighted by atomic mass is 10.1. The second-order valence-corrected chi connectivity index (χ2v) is 3.30. The van der Waals surface area contributed by atoms with Crippen molar-refractivity contribution in [2.45, 2.75) is 38.3 Å². The lowest BCUT2D eigenvalue weighted by Crippen LogP contribution is -2.35. The van der Waals surface area contributed by atoms with Gasteiger partial charge in [-0.3, -0.25) is 0 Å². The number of rotatable bonds is 2. The number of terminal acetylenes is 1. The maximum absolute atomic E-state index is 5.35. The average Bonchev–Trinajstić information content (AvgIpc) is 2.33. The number of hydrogen-bond acceptors (Lipinski definition) is 2. The van der Waals surface area contributed by atoms with Crippen LogP contribution in [0.3, 0.4) is 0 Å². The van der Waals surface area contributed by atoms with Gasteiger partial charge in [0, 0.05) is 19.3 Å². The predicted octanol–water partition coefficient (Wildman–Crippen LogP) is 1.17. The molecule has 0 spiro atoms. The van der Waals surface area contributed by atoms with Crippen LogP contribution in [0, 0.1) is 12.3 Å². The van der Waals surface area contributed by atoms with E-state index >= 15 is 0 Å². The van der Waals surface area contributed by atoms with E-state index < -0.39 is 0 Å². The zero-order valence-corrected chi connectivity index (χ0v) is 7.68. The van der Waals surface area contributed by atoms with Crippen molar-refractivity contribution in [3.05, 3.63) is 0 Å². The van der Waals surface area contributed by atoms with Crippen molar-refractivity contribution in [3.8, 4) is 12.3 Å². The van der Waals surface area contributed by atoms with Crippen LogP contribution in [0.4, 0.5) is 0 Å². The van der Waals surface area contributed by atoms with Crippen molar-refractivity contribution >= 4 is 0 Å². The van der Waals surface area contributed by atoms with Gasteiger partial charge in [-0.2, -0.15) is 0 Å². The third kappa shape index (κ3) is 3.25. The van der Waals surface area contributed by atoms with Crippen molar-refractivity contribution in [2.75, 3.05) is 13.2 Å². The molecule has 68 valence electrons. The van der Waals surface area contributed by atoms with Gasteiger partial charge in [0.2, 0.25) is 0 Å². The molecule has 1 aliphatic heterocycles. The monoisotopic (exact) mass is 167 g/mol. The lowest BCUT2D eigenvalue weighted by Gasteiger charge is -2.17. The average molecular weight is 167 g/mol. The highest BCUT2D eigenvalue weighted by Gasteiger charge is 2.12. The quantitative estimate of drug-likeness (QED) is 0.623. The summed E-state index contributed by atoms with van der Waals surface area (Å²) in [6.45, 7) is 3.79. The van der Waals surface area contributed by atoms with E-state index in [0.29, 0.717) is 6.04 Å². The SMILES string of the molecule is C#CC(C)NC1CCCOCC1. The molecule has 1 N–H and O–H groups in total. The molecule has 2 atom stereocenters. The molecule has 1 heterocycles. The molecule has 0 aromatic carbocycles. The van der Waals surface area contributed by atoms with E-state index in [1.165, 1.54) is 6.42 Å². The second kappa shape index (κ2) is 5.18. The summed E-state index contributed by atoms with van der Waals surface area (Å²) in [7, 11) is 0. The number of nitrogens with one attached hydrogen (secondary N) is 1. The Morgan fingerprint density at radius 2 is 2.33 bits per heavy atom. The maximum atomic E-state index is 5.35. The van der Waals surface area contributed by atoms with E-state index in [4.69, 9.17) is 11.2 Å². The molecule has 0 aliphatic carbocycles. The molecule has 2 unspecified atom stereocenters. The Morgan fingerprint density at radius 3 is 3.08 bits per heavy atom. The van der Waals surface area contributed by atoms with E-state index in [1.54, 1.807) is 0 Å². The van der Waals surface area contributed by atoms with Crippen molar-refractivity contribution in [1.29, 1.82) is 0 Å². The van der Waals surface area contributed by atoms with Crippen molar-refractivity contribution in [1.82, 2.24) is 5.32 Å². The van der Waals surface area contributed by atoms with Crippen LogP contribution >= 0.6 is 0 Å². The third-order valence-corrected chi connectivity index (χ3v) is 2.19. The lowest BCUT2D eigenvalue weighted by molar-refractivity contribution is 0.142. The number of hydrogen-bond donors (Lipinski definition) is 1. The first kappa shape index (κ1) is 9.57. The van der Waals surface area contributed by atoms with Gasteiger partial charge in [-0.1, -0.05) is 5.92 Å². The molecule has 0 aromatic heterocycles. The fraction of sp³-hybridized carbons (Fsp3) is 0.800. The third-order valence-electron chi connectivity index (χ3n) is 2.19. The molecule has 0 bridgehead atoms. The van der Waals surface area contributed by atoms with Gasteiger partial charge in [-0.05, 0) is 26.2 Å². The molecule has 0 saturated carbocycles. The summed E-state index contributed by atoms with van der Waals surface area (Å²) in [5, 5.41) is 3.39. The van der Waals surface area contributed by atoms with E-state index in [-0.39, 0.29) is 6.04 Å². The van der Waals surface area contributed by atoms with Crippen molar-refractivity contribution in [2.24, 2.45) is 0 Å². The Bertz CT molecular complexity index is 154. The van der Waals surface area contributed by atoms with Gasteiger partial charge in [-0.25, -0.2) is 0 Å². The summed E-state index contributed by atoms with van der Waals surface area (Å²) in [5.74, 6) is 2.68. The predicted molar refractivity (Wildman–Crippen MR) is 49.9 cm³/mol. The van der Waals surface area contributed by atoms with Crippen LogP contribution in [0.25, 0.3) is 0 Å². The molecular weight excluding hydrogens is 150 g/mol. The van der Waals surface area contributed by atoms with Crippen molar-refractivity contribution < 1.29 is 4.74 Å². The van der Waals surface area contributed by atoms with E-state index in [2.05, 4.69) is 11.2 Å². The zero-order valence-electron chi connectivity index (χ0n) is 7.68. The smallest absolute Gasteiger partial charge is 0.0660 e. The van der Waals surface area contributed by atoms with E-state index in [9.17, 15) is 0 Å². The van der Waals surface area contributed by atoms with Gasteiger partial charge in [-0.15, -0.1) is 6.42 Å². The van der Waals surface area contributed by atoms with Crippen LogP contribution in [0.1, 0.15) is 26.2 Å². The van der Waals surface area contributed by atoms with Crippen LogP contribution in [0.5, 0.6) is 0 Å². The highest BCUT2D eigenvalue weighted by molar-refractivity contribution is 4.97. The van der Waals surface area contributed by atoms with Gasteiger partial charge in [0.25, 0.3) is 0 Å². The first-order valence-corrected chi connectivity index (χ1v) is 4.63.